The summed E-state index contributed by atoms with van der Waals surface area (Å²) in [4.78, 5) is 40.9. The number of rotatable bonds is 6. The van der Waals surface area contributed by atoms with E-state index in [0.29, 0.717) is 34.8 Å². The lowest BCUT2D eigenvalue weighted by atomic mass is 10.1. The molecule has 0 unspecified atom stereocenters. The standard InChI is InChI=1S/C18H21N3O5S/c1-10(15(19)22)27-18-20-14-8-11(17(24)25-2)5-6-13(14)16(23)21(18)9-12-4-3-7-26-12/h5-6,8,10,12H,3-4,7,9H2,1-2H3,(H2,19,22)/t10-,12-/m0/s1. The number of benzene rings is 1. The van der Waals surface area contributed by atoms with Crippen molar-refractivity contribution in [2.75, 3.05) is 13.7 Å². The molecule has 9 heteroatoms. The van der Waals surface area contributed by atoms with E-state index < -0.39 is 17.1 Å². The van der Waals surface area contributed by atoms with E-state index in [2.05, 4.69) is 4.98 Å². The number of esters is 1. The molecule has 1 aliphatic heterocycles. The maximum atomic E-state index is 13.1. The minimum atomic E-state index is -0.561. The Hall–Kier alpha value is -2.39. The number of carbonyl (C=O) groups excluding carboxylic acids is 2. The zero-order chi connectivity index (χ0) is 19.6. The maximum absolute atomic E-state index is 13.1. The maximum Gasteiger partial charge on any atom is 0.337 e. The molecule has 0 saturated carbocycles. The molecule has 2 atom stereocenters. The number of nitrogens with two attached hydrogens (primary N) is 1. The number of fused-ring (bicyclic) bond motifs is 1. The zero-order valence-corrected chi connectivity index (χ0v) is 16.0. The number of carbonyl (C=O) groups is 2. The van der Waals surface area contributed by atoms with Crippen molar-refractivity contribution < 1.29 is 19.1 Å². The quantitative estimate of drug-likeness (QED) is 0.449. The minimum Gasteiger partial charge on any atom is -0.465 e. The van der Waals surface area contributed by atoms with Gasteiger partial charge in [-0.3, -0.25) is 14.2 Å². The molecule has 0 aliphatic carbocycles. The summed E-state index contributed by atoms with van der Waals surface area (Å²) < 4.78 is 11.9. The van der Waals surface area contributed by atoms with Gasteiger partial charge in [0.15, 0.2) is 5.16 Å². The molecule has 144 valence electrons. The number of thioether (sulfide) groups is 1. The SMILES string of the molecule is COC(=O)c1ccc2c(=O)n(C[C@@H]3CCCO3)c(S[C@@H](C)C(N)=O)nc2c1. The number of nitrogens with zero attached hydrogens (tertiary/aromatic N) is 2. The molecule has 3 rings (SSSR count). The first kappa shape index (κ1) is 19.4. The average Bonchev–Trinajstić information content (AvgIpc) is 3.16. The highest BCUT2D eigenvalue weighted by Crippen LogP contribution is 2.24. The van der Waals surface area contributed by atoms with E-state index in [1.807, 2.05) is 0 Å². The summed E-state index contributed by atoms with van der Waals surface area (Å²) in [5.74, 6) is -1.01. The van der Waals surface area contributed by atoms with Crippen molar-refractivity contribution in [3.63, 3.8) is 0 Å². The van der Waals surface area contributed by atoms with Gasteiger partial charge in [0.25, 0.3) is 5.56 Å². The molecule has 0 spiro atoms. The highest BCUT2D eigenvalue weighted by Gasteiger charge is 2.22. The number of amides is 1. The van der Waals surface area contributed by atoms with Crippen molar-refractivity contribution in [3.05, 3.63) is 34.1 Å². The van der Waals surface area contributed by atoms with E-state index in [1.54, 1.807) is 13.0 Å². The third-order valence-corrected chi connectivity index (χ3v) is 5.54. The summed E-state index contributed by atoms with van der Waals surface area (Å²) in [6, 6.07) is 4.61. The van der Waals surface area contributed by atoms with Crippen LogP contribution in [-0.4, -0.2) is 46.5 Å². The van der Waals surface area contributed by atoms with Gasteiger partial charge in [-0.15, -0.1) is 0 Å². The topological polar surface area (TPSA) is 114 Å². The second-order valence-corrected chi connectivity index (χ2v) is 7.64. The van der Waals surface area contributed by atoms with Gasteiger partial charge in [0.2, 0.25) is 5.91 Å². The van der Waals surface area contributed by atoms with Crippen LogP contribution in [0.2, 0.25) is 0 Å². The van der Waals surface area contributed by atoms with Gasteiger partial charge >= 0.3 is 5.97 Å². The Balaban J connectivity index is 2.11. The first-order valence-electron chi connectivity index (χ1n) is 8.61. The summed E-state index contributed by atoms with van der Waals surface area (Å²) in [6.07, 6.45) is 1.74. The van der Waals surface area contributed by atoms with Crippen LogP contribution in [0.1, 0.15) is 30.1 Å². The van der Waals surface area contributed by atoms with Crippen LogP contribution in [0.15, 0.2) is 28.2 Å². The number of hydrogen-bond donors (Lipinski definition) is 1. The molecule has 8 nitrogen and oxygen atoms in total. The lowest BCUT2D eigenvalue weighted by Crippen LogP contribution is -2.30. The average molecular weight is 391 g/mol. The Morgan fingerprint density at radius 3 is 2.89 bits per heavy atom. The zero-order valence-electron chi connectivity index (χ0n) is 15.1. The van der Waals surface area contributed by atoms with Crippen molar-refractivity contribution in [3.8, 4) is 0 Å². The van der Waals surface area contributed by atoms with Crippen LogP contribution in [0.4, 0.5) is 0 Å². The predicted molar refractivity (Wildman–Crippen MR) is 101 cm³/mol. The van der Waals surface area contributed by atoms with Gasteiger partial charge in [0.05, 0.1) is 41.5 Å². The second-order valence-electron chi connectivity index (χ2n) is 6.33. The van der Waals surface area contributed by atoms with Crippen LogP contribution in [-0.2, 0) is 20.8 Å². The van der Waals surface area contributed by atoms with Gasteiger partial charge in [0, 0.05) is 6.61 Å². The Labute approximate surface area is 160 Å². The monoisotopic (exact) mass is 391 g/mol. The van der Waals surface area contributed by atoms with Gasteiger partial charge in [-0.25, -0.2) is 9.78 Å². The van der Waals surface area contributed by atoms with E-state index in [-0.39, 0.29) is 11.7 Å². The molecular weight excluding hydrogens is 370 g/mol. The largest absolute Gasteiger partial charge is 0.465 e. The van der Waals surface area contributed by atoms with Crippen LogP contribution >= 0.6 is 11.8 Å². The normalized spacial score (nSPS) is 17.8. The van der Waals surface area contributed by atoms with Crippen LogP contribution in [0, 0.1) is 0 Å². The molecule has 2 heterocycles. The van der Waals surface area contributed by atoms with Crippen LogP contribution in [0.3, 0.4) is 0 Å². The van der Waals surface area contributed by atoms with Crippen molar-refractivity contribution in [1.29, 1.82) is 0 Å². The second kappa shape index (κ2) is 8.10. The molecule has 1 aliphatic rings. The fourth-order valence-corrected chi connectivity index (χ4v) is 3.77. The Morgan fingerprint density at radius 1 is 1.48 bits per heavy atom. The smallest absolute Gasteiger partial charge is 0.337 e. The number of hydrogen-bond acceptors (Lipinski definition) is 7. The molecule has 27 heavy (non-hydrogen) atoms. The first-order chi connectivity index (χ1) is 12.9. The minimum absolute atomic E-state index is 0.0699. The number of aromatic nitrogens is 2. The fraction of sp³-hybridized carbons (Fsp3) is 0.444. The highest BCUT2D eigenvalue weighted by atomic mass is 32.2. The van der Waals surface area contributed by atoms with Crippen molar-refractivity contribution in [2.45, 2.75) is 42.8 Å². The fourth-order valence-electron chi connectivity index (χ4n) is 2.90. The van der Waals surface area contributed by atoms with Crippen molar-refractivity contribution in [2.24, 2.45) is 5.73 Å². The van der Waals surface area contributed by atoms with Crippen LogP contribution < -0.4 is 11.3 Å². The van der Waals surface area contributed by atoms with Gasteiger partial charge < -0.3 is 15.2 Å². The Morgan fingerprint density at radius 2 is 2.26 bits per heavy atom. The summed E-state index contributed by atoms with van der Waals surface area (Å²) >= 11 is 1.12. The summed E-state index contributed by atoms with van der Waals surface area (Å²) in [5.41, 5.74) is 5.79. The summed E-state index contributed by atoms with van der Waals surface area (Å²) in [6.45, 7) is 2.68. The van der Waals surface area contributed by atoms with Crippen LogP contribution in [0.5, 0.6) is 0 Å². The van der Waals surface area contributed by atoms with E-state index in [0.717, 1.165) is 24.6 Å². The van der Waals surface area contributed by atoms with Gasteiger partial charge in [-0.05, 0) is 38.0 Å². The molecule has 0 radical (unpaired) electrons. The number of ether oxygens (including phenoxy) is 2. The van der Waals surface area contributed by atoms with Crippen molar-refractivity contribution in [1.82, 2.24) is 9.55 Å². The van der Waals surface area contributed by atoms with Crippen LogP contribution in [0.25, 0.3) is 10.9 Å². The van der Waals surface area contributed by atoms with Gasteiger partial charge in [0.1, 0.15) is 0 Å². The highest BCUT2D eigenvalue weighted by molar-refractivity contribution is 8.00. The summed E-state index contributed by atoms with van der Waals surface area (Å²) in [7, 11) is 1.29. The molecule has 1 aromatic heterocycles. The molecule has 2 aromatic rings. The first-order valence-corrected chi connectivity index (χ1v) is 9.49. The number of primary amides is 1. The Kier molecular flexibility index (Phi) is 5.81. The lowest BCUT2D eigenvalue weighted by molar-refractivity contribution is -0.117. The van der Waals surface area contributed by atoms with E-state index in [1.165, 1.54) is 23.8 Å². The molecule has 1 amide bonds. The van der Waals surface area contributed by atoms with Gasteiger partial charge in [-0.1, -0.05) is 11.8 Å². The van der Waals surface area contributed by atoms with E-state index in [4.69, 9.17) is 15.2 Å². The molecule has 1 aromatic carbocycles. The van der Waals surface area contributed by atoms with E-state index in [9.17, 15) is 14.4 Å². The molecule has 1 fully saturated rings. The van der Waals surface area contributed by atoms with E-state index >= 15 is 0 Å². The molecular formula is C18H21N3O5S. The van der Waals surface area contributed by atoms with Crippen molar-refractivity contribution >= 4 is 34.5 Å². The molecule has 1 saturated heterocycles. The lowest BCUT2D eigenvalue weighted by Gasteiger charge is -2.18. The number of methoxy groups -OCH3 is 1. The molecule has 0 bridgehead atoms. The predicted octanol–water partition coefficient (Wildman–Crippen LogP) is 1.33. The third kappa shape index (κ3) is 4.14. The third-order valence-electron chi connectivity index (χ3n) is 4.43. The Bertz CT molecular complexity index is 936. The summed E-state index contributed by atoms with van der Waals surface area (Å²) in [5, 5.41) is 0.196. The molecule has 2 N–H and O–H groups in total. The van der Waals surface area contributed by atoms with Gasteiger partial charge in [-0.2, -0.15) is 0 Å².